The fourth-order valence-corrected chi connectivity index (χ4v) is 2.19. The highest BCUT2D eigenvalue weighted by molar-refractivity contribution is 5.68. The summed E-state index contributed by atoms with van der Waals surface area (Å²) in [4.78, 5) is 16.1. The minimum atomic E-state index is -0.476. The summed E-state index contributed by atoms with van der Waals surface area (Å²) in [5, 5.41) is 2.94. The van der Waals surface area contributed by atoms with E-state index in [9.17, 15) is 4.79 Å². The van der Waals surface area contributed by atoms with Gasteiger partial charge in [0.05, 0.1) is 24.3 Å². The van der Waals surface area contributed by atoms with Gasteiger partial charge in [0.1, 0.15) is 5.60 Å². The molecule has 0 unspecified atom stereocenters. The second-order valence-electron chi connectivity index (χ2n) is 6.52. The van der Waals surface area contributed by atoms with Crippen LogP contribution in [0.25, 0.3) is 0 Å². The molecule has 1 saturated carbocycles. The molecule has 1 amide bonds. The number of aromatic nitrogens is 2. The van der Waals surface area contributed by atoms with E-state index in [0.29, 0.717) is 0 Å². The Balaban J connectivity index is 2.00. The Kier molecular flexibility index (Phi) is 4.35. The molecule has 1 N–H and O–H groups in total. The van der Waals surface area contributed by atoms with Crippen LogP contribution in [0.15, 0.2) is 12.5 Å². The Morgan fingerprint density at radius 3 is 2.80 bits per heavy atom. The number of hydrogen-bond donors (Lipinski definition) is 1. The number of amides is 1. The maximum atomic E-state index is 11.9. The number of imidazole rings is 1. The zero-order valence-electron chi connectivity index (χ0n) is 12.8. The molecule has 112 valence electrons. The Morgan fingerprint density at radius 2 is 2.25 bits per heavy atom. The second kappa shape index (κ2) is 5.85. The standard InChI is InChI=1S/C15H25N3O2/c1-5-12(17-14(19)20-15(2,3)4)13-8-16-10-18(13)9-11-6-7-11/h8,10-12H,5-7,9H2,1-4H3,(H,17,19)/t12-/m1/s1. The topological polar surface area (TPSA) is 56.1 Å². The van der Waals surface area contributed by atoms with E-state index in [2.05, 4.69) is 21.8 Å². The number of ether oxygens (including phenoxy) is 1. The maximum Gasteiger partial charge on any atom is 0.408 e. The van der Waals surface area contributed by atoms with Crippen molar-refractivity contribution in [1.82, 2.24) is 14.9 Å². The molecule has 1 aliphatic rings. The predicted octanol–water partition coefficient (Wildman–Crippen LogP) is 3.27. The summed E-state index contributed by atoms with van der Waals surface area (Å²) >= 11 is 0. The minimum absolute atomic E-state index is 0.0499. The van der Waals surface area contributed by atoms with Crippen LogP contribution in [0, 0.1) is 5.92 Å². The number of nitrogens with one attached hydrogen (secondary N) is 1. The lowest BCUT2D eigenvalue weighted by atomic mass is 10.1. The van der Waals surface area contributed by atoms with Gasteiger partial charge in [-0.05, 0) is 46.0 Å². The average Bonchev–Trinajstić information content (AvgIpc) is 3.01. The molecule has 0 aliphatic heterocycles. The third-order valence-corrected chi connectivity index (χ3v) is 3.35. The monoisotopic (exact) mass is 279 g/mol. The lowest BCUT2D eigenvalue weighted by molar-refractivity contribution is 0.0500. The van der Waals surface area contributed by atoms with Gasteiger partial charge in [-0.15, -0.1) is 0 Å². The van der Waals surface area contributed by atoms with Crippen molar-refractivity contribution in [3.8, 4) is 0 Å². The van der Waals surface area contributed by atoms with E-state index in [1.165, 1.54) is 12.8 Å². The van der Waals surface area contributed by atoms with Crippen LogP contribution in [0.4, 0.5) is 4.79 Å². The lowest BCUT2D eigenvalue weighted by Crippen LogP contribution is -2.35. The largest absolute Gasteiger partial charge is 0.444 e. The molecule has 2 rings (SSSR count). The fourth-order valence-electron chi connectivity index (χ4n) is 2.19. The molecule has 1 atom stereocenters. The van der Waals surface area contributed by atoms with Crippen LogP contribution in [0.2, 0.25) is 0 Å². The van der Waals surface area contributed by atoms with Gasteiger partial charge in [0.15, 0.2) is 0 Å². The summed E-state index contributed by atoms with van der Waals surface area (Å²) in [5.74, 6) is 0.780. The third-order valence-electron chi connectivity index (χ3n) is 3.35. The number of rotatable bonds is 5. The molecule has 0 saturated heterocycles. The van der Waals surface area contributed by atoms with Gasteiger partial charge in [-0.1, -0.05) is 6.92 Å². The first kappa shape index (κ1) is 14.9. The first-order valence-electron chi connectivity index (χ1n) is 7.38. The normalized spacial score (nSPS) is 16.8. The summed E-state index contributed by atoms with van der Waals surface area (Å²) < 4.78 is 7.48. The Hall–Kier alpha value is -1.52. The second-order valence-corrected chi connectivity index (χ2v) is 6.52. The van der Waals surface area contributed by atoms with Crippen molar-refractivity contribution in [2.75, 3.05) is 0 Å². The van der Waals surface area contributed by atoms with Crippen molar-refractivity contribution in [3.63, 3.8) is 0 Å². The summed E-state index contributed by atoms with van der Waals surface area (Å²) in [5.41, 5.74) is 0.585. The average molecular weight is 279 g/mol. The quantitative estimate of drug-likeness (QED) is 0.900. The van der Waals surface area contributed by atoms with Crippen LogP contribution in [-0.2, 0) is 11.3 Å². The zero-order valence-corrected chi connectivity index (χ0v) is 12.8. The molecule has 20 heavy (non-hydrogen) atoms. The highest BCUT2D eigenvalue weighted by Crippen LogP contribution is 2.31. The number of carbonyl (C=O) groups is 1. The molecule has 1 aliphatic carbocycles. The van der Waals surface area contributed by atoms with Crippen LogP contribution < -0.4 is 5.32 Å². The van der Waals surface area contributed by atoms with E-state index >= 15 is 0 Å². The molecule has 5 heteroatoms. The van der Waals surface area contributed by atoms with E-state index in [-0.39, 0.29) is 12.1 Å². The van der Waals surface area contributed by atoms with E-state index in [0.717, 1.165) is 24.6 Å². The first-order valence-corrected chi connectivity index (χ1v) is 7.38. The molecular weight excluding hydrogens is 254 g/mol. The van der Waals surface area contributed by atoms with Gasteiger partial charge >= 0.3 is 6.09 Å². The maximum absolute atomic E-state index is 11.9. The van der Waals surface area contributed by atoms with Gasteiger partial charge < -0.3 is 14.6 Å². The first-order chi connectivity index (χ1) is 9.39. The van der Waals surface area contributed by atoms with Crippen molar-refractivity contribution in [2.24, 2.45) is 5.92 Å². The SMILES string of the molecule is CC[C@@H](NC(=O)OC(C)(C)C)c1cncn1CC1CC1. The Labute approximate surface area is 120 Å². The summed E-state index contributed by atoms with van der Waals surface area (Å²) in [6, 6.07) is -0.0499. The number of carbonyl (C=O) groups excluding carboxylic acids is 1. The van der Waals surface area contributed by atoms with E-state index in [1.807, 2.05) is 33.3 Å². The van der Waals surface area contributed by atoms with Gasteiger partial charge in [0, 0.05) is 6.54 Å². The molecule has 1 fully saturated rings. The number of alkyl carbamates (subject to hydrolysis) is 1. The highest BCUT2D eigenvalue weighted by Gasteiger charge is 2.25. The van der Waals surface area contributed by atoms with Crippen LogP contribution in [0.3, 0.4) is 0 Å². The molecule has 5 nitrogen and oxygen atoms in total. The number of hydrogen-bond acceptors (Lipinski definition) is 3. The molecule has 0 aromatic carbocycles. The minimum Gasteiger partial charge on any atom is -0.444 e. The molecular formula is C15H25N3O2. The third kappa shape index (κ3) is 4.25. The van der Waals surface area contributed by atoms with Gasteiger partial charge in [0.2, 0.25) is 0 Å². The zero-order chi connectivity index (χ0) is 14.8. The molecule has 0 spiro atoms. The van der Waals surface area contributed by atoms with Gasteiger partial charge in [-0.25, -0.2) is 9.78 Å². The Bertz CT molecular complexity index is 458. The lowest BCUT2D eigenvalue weighted by Gasteiger charge is -2.23. The van der Waals surface area contributed by atoms with Gasteiger partial charge in [-0.3, -0.25) is 0 Å². The Morgan fingerprint density at radius 1 is 1.55 bits per heavy atom. The molecule has 1 heterocycles. The fraction of sp³-hybridized carbons (Fsp3) is 0.733. The van der Waals surface area contributed by atoms with Gasteiger partial charge in [0.25, 0.3) is 0 Å². The van der Waals surface area contributed by atoms with E-state index in [1.54, 1.807) is 0 Å². The summed E-state index contributed by atoms with van der Waals surface area (Å²) in [6.07, 6.45) is 6.74. The molecule has 1 aromatic heterocycles. The summed E-state index contributed by atoms with van der Waals surface area (Å²) in [7, 11) is 0. The van der Waals surface area contributed by atoms with Gasteiger partial charge in [-0.2, -0.15) is 0 Å². The van der Waals surface area contributed by atoms with Crippen LogP contribution in [-0.4, -0.2) is 21.2 Å². The van der Waals surface area contributed by atoms with E-state index in [4.69, 9.17) is 4.74 Å². The van der Waals surface area contributed by atoms with E-state index < -0.39 is 5.60 Å². The summed E-state index contributed by atoms with van der Waals surface area (Å²) in [6.45, 7) is 8.65. The van der Waals surface area contributed by atoms with Crippen LogP contribution >= 0.6 is 0 Å². The number of nitrogens with zero attached hydrogens (tertiary/aromatic N) is 2. The van der Waals surface area contributed by atoms with Crippen molar-refractivity contribution in [3.05, 3.63) is 18.2 Å². The van der Waals surface area contributed by atoms with Crippen molar-refractivity contribution in [1.29, 1.82) is 0 Å². The van der Waals surface area contributed by atoms with Crippen LogP contribution in [0.5, 0.6) is 0 Å². The predicted molar refractivity (Wildman–Crippen MR) is 77.4 cm³/mol. The smallest absolute Gasteiger partial charge is 0.408 e. The molecule has 1 aromatic rings. The molecule has 0 radical (unpaired) electrons. The van der Waals surface area contributed by atoms with Crippen molar-refractivity contribution in [2.45, 2.75) is 65.1 Å². The van der Waals surface area contributed by atoms with Crippen molar-refractivity contribution < 1.29 is 9.53 Å². The van der Waals surface area contributed by atoms with Crippen molar-refractivity contribution >= 4 is 6.09 Å². The van der Waals surface area contributed by atoms with Crippen LogP contribution in [0.1, 0.15) is 58.7 Å². The highest BCUT2D eigenvalue weighted by atomic mass is 16.6. The molecule has 0 bridgehead atoms.